The van der Waals surface area contributed by atoms with Crippen LogP contribution in [-0.2, 0) is 4.57 Å². The first-order chi connectivity index (χ1) is 4.52. The number of hydrogen-bond acceptors (Lipinski definition) is 3. The van der Waals surface area contributed by atoms with Gasteiger partial charge in [-0.15, -0.1) is 11.3 Å². The van der Waals surface area contributed by atoms with Crippen LogP contribution in [0.2, 0.25) is 0 Å². The number of thiazole rings is 1. The van der Waals surface area contributed by atoms with E-state index in [0.717, 1.165) is 10.3 Å². The van der Waals surface area contributed by atoms with Crippen molar-refractivity contribution < 1.29 is 4.57 Å². The molecule has 2 nitrogen and oxygen atoms in total. The molecule has 1 aromatic heterocycles. The molecule has 0 radical (unpaired) electrons. The number of nitrogens with zero attached hydrogens (tertiary/aromatic N) is 1. The van der Waals surface area contributed by atoms with Crippen LogP contribution < -0.4 is 5.44 Å². The fourth-order valence-corrected chi connectivity index (χ4v) is 3.28. The fourth-order valence-electron chi connectivity index (χ4n) is 0.817. The summed E-state index contributed by atoms with van der Waals surface area (Å²) in [7, 11) is -2.11. The average molecular weight is 175 g/mol. The Morgan fingerprint density at radius 3 is 2.40 bits per heavy atom. The lowest BCUT2D eigenvalue weighted by atomic mass is 10.6. The Balaban J connectivity index is 3.18. The van der Waals surface area contributed by atoms with Gasteiger partial charge in [-0.1, -0.05) is 0 Å². The van der Waals surface area contributed by atoms with E-state index in [2.05, 4.69) is 4.98 Å². The molecule has 0 aliphatic heterocycles. The molecule has 1 aromatic rings. The first-order valence-corrected chi connectivity index (χ1v) is 6.45. The van der Waals surface area contributed by atoms with E-state index in [9.17, 15) is 4.57 Å². The Morgan fingerprint density at radius 2 is 2.20 bits per heavy atom. The molecule has 0 amide bonds. The highest BCUT2D eigenvalue weighted by Gasteiger charge is 2.15. The minimum Gasteiger partial charge on any atom is -0.318 e. The molecule has 1 heterocycles. The van der Waals surface area contributed by atoms with Crippen LogP contribution in [0.25, 0.3) is 0 Å². The van der Waals surface area contributed by atoms with E-state index in [1.807, 2.05) is 6.92 Å². The van der Waals surface area contributed by atoms with Crippen molar-refractivity contribution in [1.29, 1.82) is 0 Å². The summed E-state index contributed by atoms with van der Waals surface area (Å²) in [6.45, 7) is 5.44. The number of aromatic nitrogens is 1. The van der Waals surface area contributed by atoms with Gasteiger partial charge in [-0.3, -0.25) is 0 Å². The maximum atomic E-state index is 11.4. The fraction of sp³-hybridized carbons (Fsp3) is 0.500. The summed E-state index contributed by atoms with van der Waals surface area (Å²) in [5.41, 5.74) is 2.53. The molecule has 0 N–H and O–H groups in total. The quantitative estimate of drug-likeness (QED) is 0.608. The van der Waals surface area contributed by atoms with Gasteiger partial charge >= 0.3 is 0 Å². The zero-order chi connectivity index (χ0) is 7.78. The summed E-state index contributed by atoms with van der Waals surface area (Å²) in [6, 6.07) is 0. The molecule has 0 aromatic carbocycles. The monoisotopic (exact) mass is 175 g/mol. The third-order valence-corrected chi connectivity index (χ3v) is 3.61. The van der Waals surface area contributed by atoms with E-state index >= 15 is 0 Å². The van der Waals surface area contributed by atoms with Gasteiger partial charge in [0, 0.05) is 4.88 Å². The molecular weight excluding hydrogens is 165 g/mol. The summed E-state index contributed by atoms with van der Waals surface area (Å²) < 4.78 is 11.4. The van der Waals surface area contributed by atoms with Crippen molar-refractivity contribution in [3.8, 4) is 0 Å². The molecule has 0 saturated carbocycles. The van der Waals surface area contributed by atoms with E-state index in [0.29, 0.717) is 0 Å². The van der Waals surface area contributed by atoms with Crippen LogP contribution in [0.4, 0.5) is 0 Å². The van der Waals surface area contributed by atoms with Gasteiger partial charge in [0.05, 0.1) is 5.51 Å². The van der Waals surface area contributed by atoms with E-state index in [-0.39, 0.29) is 0 Å². The van der Waals surface area contributed by atoms with Crippen molar-refractivity contribution in [2.75, 3.05) is 13.3 Å². The van der Waals surface area contributed by atoms with Gasteiger partial charge < -0.3 is 4.57 Å². The van der Waals surface area contributed by atoms with Gasteiger partial charge in [0.2, 0.25) is 0 Å². The van der Waals surface area contributed by atoms with Crippen LogP contribution in [-0.4, -0.2) is 18.3 Å². The van der Waals surface area contributed by atoms with Gasteiger partial charge in [0.25, 0.3) is 0 Å². The molecule has 0 aliphatic rings. The van der Waals surface area contributed by atoms with Crippen molar-refractivity contribution in [3.05, 3.63) is 10.4 Å². The second-order valence-corrected chi connectivity index (χ2v) is 6.77. The minimum atomic E-state index is -2.11. The van der Waals surface area contributed by atoms with E-state index in [1.165, 1.54) is 0 Å². The first-order valence-electron chi connectivity index (χ1n) is 2.97. The highest BCUT2D eigenvalue weighted by molar-refractivity contribution is 7.70. The molecule has 10 heavy (non-hydrogen) atoms. The summed E-state index contributed by atoms with van der Waals surface area (Å²) >= 11 is 1.55. The molecule has 0 atom stereocenters. The Hall–Kier alpha value is -0.140. The normalized spacial score (nSPS) is 11.9. The Kier molecular flexibility index (Phi) is 1.97. The second kappa shape index (κ2) is 2.48. The van der Waals surface area contributed by atoms with Crippen LogP contribution in [0.1, 0.15) is 4.88 Å². The second-order valence-electron chi connectivity index (χ2n) is 2.58. The lowest BCUT2D eigenvalue weighted by Gasteiger charge is -2.01. The molecule has 0 aliphatic carbocycles. The van der Waals surface area contributed by atoms with Crippen molar-refractivity contribution in [1.82, 2.24) is 4.98 Å². The molecule has 0 spiro atoms. The van der Waals surface area contributed by atoms with Crippen LogP contribution in [0.5, 0.6) is 0 Å². The lowest BCUT2D eigenvalue weighted by Crippen LogP contribution is -2.05. The molecule has 0 saturated heterocycles. The van der Waals surface area contributed by atoms with Gasteiger partial charge in [-0.25, -0.2) is 4.98 Å². The van der Waals surface area contributed by atoms with E-state index < -0.39 is 7.14 Å². The van der Waals surface area contributed by atoms with Crippen molar-refractivity contribution in [2.24, 2.45) is 0 Å². The maximum Gasteiger partial charge on any atom is 0.128 e. The number of hydrogen-bond donors (Lipinski definition) is 0. The SMILES string of the molecule is Cc1scnc1P(C)(C)=O. The van der Waals surface area contributed by atoms with Gasteiger partial charge in [-0.2, -0.15) is 0 Å². The highest BCUT2D eigenvalue weighted by Crippen LogP contribution is 2.35. The topological polar surface area (TPSA) is 30.0 Å². The van der Waals surface area contributed by atoms with Gasteiger partial charge in [0.1, 0.15) is 12.6 Å². The number of rotatable bonds is 1. The maximum absolute atomic E-state index is 11.4. The summed E-state index contributed by atoms with van der Waals surface area (Å²) in [5.74, 6) is 0. The predicted molar refractivity (Wildman–Crippen MR) is 45.9 cm³/mol. The lowest BCUT2D eigenvalue weighted by molar-refractivity contribution is 0.588. The first kappa shape index (κ1) is 7.96. The molecule has 0 fully saturated rings. The van der Waals surface area contributed by atoms with E-state index in [1.54, 1.807) is 30.2 Å². The third kappa shape index (κ3) is 1.47. The average Bonchev–Trinajstić information content (AvgIpc) is 2.11. The Labute approximate surface area is 64.7 Å². The van der Waals surface area contributed by atoms with Gasteiger partial charge in [0.15, 0.2) is 0 Å². The summed E-state index contributed by atoms with van der Waals surface area (Å²) in [5, 5.41) is 0. The minimum absolute atomic E-state index is 0.789. The molecule has 0 unspecified atom stereocenters. The van der Waals surface area contributed by atoms with Crippen LogP contribution in [0.3, 0.4) is 0 Å². The largest absolute Gasteiger partial charge is 0.318 e. The van der Waals surface area contributed by atoms with Crippen LogP contribution in [0.15, 0.2) is 5.51 Å². The summed E-state index contributed by atoms with van der Waals surface area (Å²) in [6.07, 6.45) is 0. The van der Waals surface area contributed by atoms with Crippen molar-refractivity contribution in [3.63, 3.8) is 0 Å². The smallest absolute Gasteiger partial charge is 0.128 e. The molecular formula is C6H10NOPS. The highest BCUT2D eigenvalue weighted by atomic mass is 32.1. The summed E-state index contributed by atoms with van der Waals surface area (Å²) in [4.78, 5) is 5.12. The van der Waals surface area contributed by atoms with Crippen LogP contribution in [0, 0.1) is 6.92 Å². The number of aryl methyl sites for hydroxylation is 1. The Morgan fingerprint density at radius 1 is 1.60 bits per heavy atom. The molecule has 0 bridgehead atoms. The molecule has 56 valence electrons. The zero-order valence-corrected chi connectivity index (χ0v) is 8.00. The standard InChI is InChI=1S/C6H10NOPS/c1-5-6(7-4-10-5)9(2,3)8/h4H,1-3H3. The molecule has 4 heteroatoms. The molecule has 1 rings (SSSR count). The Bertz CT molecular complexity index is 275. The third-order valence-electron chi connectivity index (χ3n) is 1.23. The van der Waals surface area contributed by atoms with Crippen molar-refractivity contribution in [2.45, 2.75) is 6.92 Å². The zero-order valence-electron chi connectivity index (χ0n) is 6.29. The predicted octanol–water partition coefficient (Wildman–Crippen LogP) is 1.70. The van der Waals surface area contributed by atoms with E-state index in [4.69, 9.17) is 0 Å². The van der Waals surface area contributed by atoms with Gasteiger partial charge in [-0.05, 0) is 20.3 Å². The van der Waals surface area contributed by atoms with Crippen molar-refractivity contribution >= 4 is 23.9 Å². The van der Waals surface area contributed by atoms with Crippen LogP contribution >= 0.6 is 18.5 Å².